The first-order valence-corrected chi connectivity index (χ1v) is 9.49. The molecule has 0 aliphatic heterocycles. The van der Waals surface area contributed by atoms with Gasteiger partial charge in [0, 0.05) is 24.2 Å². The molecule has 2 rings (SSSR count). The summed E-state index contributed by atoms with van der Waals surface area (Å²) in [6, 6.07) is 13.6. The van der Waals surface area contributed by atoms with Crippen molar-refractivity contribution in [2.45, 2.75) is 52.9 Å². The van der Waals surface area contributed by atoms with Crippen molar-refractivity contribution in [3.8, 4) is 0 Å². The fourth-order valence-corrected chi connectivity index (χ4v) is 2.92. The summed E-state index contributed by atoms with van der Waals surface area (Å²) >= 11 is 0. The van der Waals surface area contributed by atoms with E-state index < -0.39 is 0 Å². The Hall–Kier alpha value is -2.62. The third kappa shape index (κ3) is 5.68. The Balaban J connectivity index is 1.87. The first-order chi connectivity index (χ1) is 12.7. The standard InChI is InChI=1S/C23H30N2O2/c1-6-17-9-7-8-16(2)21(17)25-20(26)14-15-24-22(27)18-10-12-19(13-11-18)23(3,4)5/h7-13H,6,14-15H2,1-5H3,(H,24,27)(H,25,26). The van der Waals surface area contributed by atoms with Crippen molar-refractivity contribution in [3.05, 3.63) is 64.7 Å². The van der Waals surface area contributed by atoms with Crippen LogP contribution in [0.5, 0.6) is 0 Å². The van der Waals surface area contributed by atoms with Gasteiger partial charge in [0.25, 0.3) is 5.91 Å². The number of aryl methyl sites for hydroxylation is 2. The minimum atomic E-state index is -0.159. The van der Waals surface area contributed by atoms with Crippen molar-refractivity contribution in [1.82, 2.24) is 5.32 Å². The summed E-state index contributed by atoms with van der Waals surface area (Å²) in [5, 5.41) is 5.79. The fraction of sp³-hybridized carbons (Fsp3) is 0.391. The summed E-state index contributed by atoms with van der Waals surface area (Å²) < 4.78 is 0. The summed E-state index contributed by atoms with van der Waals surface area (Å²) in [4.78, 5) is 24.5. The van der Waals surface area contributed by atoms with E-state index in [9.17, 15) is 9.59 Å². The van der Waals surface area contributed by atoms with Crippen LogP contribution in [0.25, 0.3) is 0 Å². The molecule has 0 aliphatic carbocycles. The molecule has 0 fully saturated rings. The van der Waals surface area contributed by atoms with Crippen LogP contribution in [0.2, 0.25) is 0 Å². The Morgan fingerprint density at radius 2 is 1.67 bits per heavy atom. The van der Waals surface area contributed by atoms with Gasteiger partial charge in [-0.25, -0.2) is 0 Å². The van der Waals surface area contributed by atoms with Crippen molar-refractivity contribution in [2.75, 3.05) is 11.9 Å². The zero-order chi connectivity index (χ0) is 20.0. The number of benzene rings is 2. The summed E-state index contributed by atoms with van der Waals surface area (Å²) in [7, 11) is 0. The van der Waals surface area contributed by atoms with Gasteiger partial charge in [-0.15, -0.1) is 0 Å². The van der Waals surface area contributed by atoms with Gasteiger partial charge in [0.15, 0.2) is 0 Å². The summed E-state index contributed by atoms with van der Waals surface area (Å²) in [5.41, 5.74) is 4.89. The zero-order valence-corrected chi connectivity index (χ0v) is 17.0. The molecule has 2 amide bonds. The monoisotopic (exact) mass is 366 g/mol. The average Bonchev–Trinajstić information content (AvgIpc) is 2.62. The molecule has 2 aromatic rings. The quantitative estimate of drug-likeness (QED) is 0.784. The predicted molar refractivity (Wildman–Crippen MR) is 111 cm³/mol. The first kappa shape index (κ1) is 20.7. The van der Waals surface area contributed by atoms with E-state index in [0.717, 1.165) is 23.2 Å². The van der Waals surface area contributed by atoms with Crippen LogP contribution in [0.4, 0.5) is 5.69 Å². The highest BCUT2D eigenvalue weighted by molar-refractivity contribution is 5.95. The maximum absolute atomic E-state index is 12.3. The van der Waals surface area contributed by atoms with Crippen molar-refractivity contribution in [3.63, 3.8) is 0 Å². The Bertz CT molecular complexity index is 802. The number of hydrogen-bond donors (Lipinski definition) is 2. The van der Waals surface area contributed by atoms with Crippen molar-refractivity contribution < 1.29 is 9.59 Å². The van der Waals surface area contributed by atoms with Gasteiger partial charge in [0.1, 0.15) is 0 Å². The van der Waals surface area contributed by atoms with Gasteiger partial charge < -0.3 is 10.6 Å². The Labute approximate surface area is 162 Å². The van der Waals surface area contributed by atoms with Crippen LogP contribution < -0.4 is 10.6 Å². The molecule has 0 aromatic heterocycles. The highest BCUT2D eigenvalue weighted by Gasteiger charge is 2.14. The molecular formula is C23H30N2O2. The van der Waals surface area contributed by atoms with Crippen LogP contribution in [0, 0.1) is 6.92 Å². The van der Waals surface area contributed by atoms with Gasteiger partial charge in [-0.1, -0.05) is 58.0 Å². The van der Waals surface area contributed by atoms with Gasteiger partial charge in [-0.2, -0.15) is 0 Å². The van der Waals surface area contributed by atoms with Crippen LogP contribution >= 0.6 is 0 Å². The number of nitrogens with one attached hydrogen (secondary N) is 2. The van der Waals surface area contributed by atoms with E-state index >= 15 is 0 Å². The van der Waals surface area contributed by atoms with E-state index in [1.54, 1.807) is 0 Å². The van der Waals surface area contributed by atoms with Gasteiger partial charge in [0.2, 0.25) is 5.91 Å². The SMILES string of the molecule is CCc1cccc(C)c1NC(=O)CCNC(=O)c1ccc(C(C)(C)C)cc1. The normalized spacial score (nSPS) is 11.1. The van der Waals surface area contributed by atoms with Crippen molar-refractivity contribution in [2.24, 2.45) is 0 Å². The molecule has 0 bridgehead atoms. The Kier molecular flexibility index (Phi) is 6.78. The van der Waals surface area contributed by atoms with Gasteiger partial charge in [-0.05, 0) is 47.6 Å². The smallest absolute Gasteiger partial charge is 0.251 e. The second-order valence-corrected chi connectivity index (χ2v) is 7.84. The lowest BCUT2D eigenvalue weighted by molar-refractivity contribution is -0.116. The number of amides is 2. The largest absolute Gasteiger partial charge is 0.352 e. The molecule has 0 atom stereocenters. The molecule has 4 heteroatoms. The second kappa shape index (κ2) is 8.85. The molecule has 27 heavy (non-hydrogen) atoms. The molecule has 0 unspecified atom stereocenters. The lowest BCUT2D eigenvalue weighted by atomic mass is 9.87. The Morgan fingerprint density at radius 3 is 2.26 bits per heavy atom. The third-order valence-corrected chi connectivity index (χ3v) is 4.66. The molecule has 0 spiro atoms. The third-order valence-electron chi connectivity index (χ3n) is 4.66. The van der Waals surface area contributed by atoms with Crippen LogP contribution in [-0.4, -0.2) is 18.4 Å². The van der Waals surface area contributed by atoms with Crippen molar-refractivity contribution >= 4 is 17.5 Å². The molecule has 2 aromatic carbocycles. The zero-order valence-electron chi connectivity index (χ0n) is 17.0. The average molecular weight is 367 g/mol. The molecule has 4 nitrogen and oxygen atoms in total. The number of rotatable bonds is 6. The van der Waals surface area contributed by atoms with E-state index in [1.807, 2.05) is 49.4 Å². The molecule has 2 N–H and O–H groups in total. The minimum Gasteiger partial charge on any atom is -0.352 e. The van der Waals surface area contributed by atoms with E-state index in [2.05, 4.69) is 38.3 Å². The molecule has 0 saturated heterocycles. The van der Waals surface area contributed by atoms with Gasteiger partial charge >= 0.3 is 0 Å². The fourth-order valence-electron chi connectivity index (χ4n) is 2.92. The molecule has 0 radical (unpaired) electrons. The second-order valence-electron chi connectivity index (χ2n) is 7.84. The molecule has 0 heterocycles. The van der Waals surface area contributed by atoms with Gasteiger partial charge in [-0.3, -0.25) is 9.59 Å². The lowest BCUT2D eigenvalue weighted by Crippen LogP contribution is -2.28. The molecular weight excluding hydrogens is 336 g/mol. The number of carbonyl (C=O) groups is 2. The molecule has 0 saturated carbocycles. The van der Waals surface area contributed by atoms with Crippen molar-refractivity contribution in [1.29, 1.82) is 0 Å². The summed E-state index contributed by atoms with van der Waals surface area (Å²) in [5.74, 6) is -0.254. The van der Waals surface area contributed by atoms with E-state index in [4.69, 9.17) is 0 Å². The summed E-state index contributed by atoms with van der Waals surface area (Å²) in [6.07, 6.45) is 1.10. The van der Waals surface area contributed by atoms with E-state index in [1.165, 1.54) is 5.56 Å². The van der Waals surface area contributed by atoms with E-state index in [-0.39, 0.29) is 23.7 Å². The van der Waals surface area contributed by atoms with Crippen LogP contribution in [0.15, 0.2) is 42.5 Å². The number of carbonyl (C=O) groups excluding carboxylic acids is 2. The predicted octanol–water partition coefficient (Wildman–Crippen LogP) is 4.61. The Morgan fingerprint density at radius 1 is 1.00 bits per heavy atom. The van der Waals surface area contributed by atoms with Crippen LogP contribution in [0.1, 0.15) is 61.2 Å². The highest BCUT2D eigenvalue weighted by atomic mass is 16.2. The molecule has 0 aliphatic rings. The highest BCUT2D eigenvalue weighted by Crippen LogP contribution is 2.22. The summed E-state index contributed by atoms with van der Waals surface area (Å²) in [6.45, 7) is 10.8. The first-order valence-electron chi connectivity index (χ1n) is 9.49. The maximum atomic E-state index is 12.3. The number of anilines is 1. The minimum absolute atomic E-state index is 0.0556. The number of para-hydroxylation sites is 1. The van der Waals surface area contributed by atoms with Gasteiger partial charge in [0.05, 0.1) is 0 Å². The molecule has 144 valence electrons. The topological polar surface area (TPSA) is 58.2 Å². The number of hydrogen-bond acceptors (Lipinski definition) is 2. The maximum Gasteiger partial charge on any atom is 0.251 e. The van der Waals surface area contributed by atoms with Crippen LogP contribution in [0.3, 0.4) is 0 Å². The lowest BCUT2D eigenvalue weighted by Gasteiger charge is -2.19. The van der Waals surface area contributed by atoms with Crippen LogP contribution in [-0.2, 0) is 16.6 Å². The van der Waals surface area contributed by atoms with E-state index in [0.29, 0.717) is 12.1 Å².